The fraction of sp³-hybridized carbons (Fsp3) is 0. The first-order valence-corrected chi connectivity index (χ1v) is 2.51. The van der Waals surface area contributed by atoms with E-state index in [9.17, 15) is 10.1 Å². The second-order valence-electron chi connectivity index (χ2n) is 1.09. The molecule has 48 valence electrons. The molecular weight excluding hydrogens is 194 g/mol. The van der Waals surface area contributed by atoms with Crippen molar-refractivity contribution in [3.8, 4) is 0 Å². The fourth-order valence-corrected chi connectivity index (χ4v) is 0.477. The summed E-state index contributed by atoms with van der Waals surface area (Å²) in [5.74, 6) is -0.521. The van der Waals surface area contributed by atoms with Crippen LogP contribution in [0.3, 0.4) is 0 Å². The Kier molecular flexibility index (Phi) is 1.39. The number of nitrogens with zero attached hydrogens (tertiary/aromatic N) is 5. The van der Waals surface area contributed by atoms with Gasteiger partial charge in [-0.25, -0.2) is 0 Å². The molecule has 0 bridgehead atoms. The van der Waals surface area contributed by atoms with E-state index in [4.69, 9.17) is 0 Å². The lowest BCUT2D eigenvalue weighted by molar-refractivity contribution is -0.394. The van der Waals surface area contributed by atoms with E-state index in [1.165, 1.54) is 0 Å². The van der Waals surface area contributed by atoms with E-state index in [2.05, 4.69) is 31.6 Å². The van der Waals surface area contributed by atoms with Crippen LogP contribution >= 0.6 is 16.1 Å². The number of halogens is 1. The number of nitro groups is 1. The Labute approximate surface area is 57.1 Å². The van der Waals surface area contributed by atoms with Gasteiger partial charge < -0.3 is 10.1 Å². The van der Waals surface area contributed by atoms with Gasteiger partial charge in [0.25, 0.3) is 0 Å². The van der Waals surface area contributed by atoms with Gasteiger partial charge in [-0.05, 0) is 8.75 Å². The van der Waals surface area contributed by atoms with Crippen molar-refractivity contribution in [1.82, 2.24) is 19.2 Å². The van der Waals surface area contributed by atoms with Crippen molar-refractivity contribution >= 4 is 22.1 Å². The molecule has 0 unspecified atom stereocenters. The Bertz CT molecular complexity index is 231. The predicted octanol–water partition coefficient (Wildman–Crippen LogP) is -0.261. The zero-order valence-electron chi connectivity index (χ0n) is 3.93. The summed E-state index contributed by atoms with van der Waals surface area (Å²) in [4.78, 5) is 9.09. The summed E-state index contributed by atoms with van der Waals surface area (Å²) in [7, 11) is 0. The molecule has 0 aliphatic carbocycles. The van der Waals surface area contributed by atoms with Crippen LogP contribution in [0.1, 0.15) is 0 Å². The van der Waals surface area contributed by atoms with E-state index < -0.39 is 10.9 Å². The third-order valence-corrected chi connectivity index (χ3v) is 0.844. The number of hydrogen-bond donors (Lipinski definition) is 0. The SMILES string of the molecule is O=[N+]([O-])c1nnn(Br)n1. The van der Waals surface area contributed by atoms with Gasteiger partial charge in [0.05, 0.1) is 15.4 Å². The second-order valence-corrected chi connectivity index (χ2v) is 1.72. The molecule has 0 atom stereocenters. The molecular formula is CBrN5O2. The summed E-state index contributed by atoms with van der Waals surface area (Å²) in [6.45, 7) is 0. The molecule has 1 heterocycles. The minimum atomic E-state index is -0.731. The highest BCUT2D eigenvalue weighted by atomic mass is 79.9. The van der Waals surface area contributed by atoms with Crippen LogP contribution in [0.15, 0.2) is 0 Å². The molecule has 9 heavy (non-hydrogen) atoms. The molecule has 1 rings (SSSR count). The van der Waals surface area contributed by atoms with E-state index in [0.717, 1.165) is 3.82 Å². The third-order valence-electron chi connectivity index (χ3n) is 0.543. The van der Waals surface area contributed by atoms with Crippen LogP contribution < -0.4 is 0 Å². The van der Waals surface area contributed by atoms with Gasteiger partial charge in [-0.1, -0.05) is 0 Å². The molecule has 0 saturated carbocycles. The summed E-state index contributed by atoms with van der Waals surface area (Å²) < 4.78 is 0.838. The van der Waals surface area contributed by atoms with Gasteiger partial charge in [0.15, 0.2) is 0 Å². The molecule has 0 amide bonds. The summed E-state index contributed by atoms with van der Waals surface area (Å²) >= 11 is 2.73. The van der Waals surface area contributed by atoms with Gasteiger partial charge in [-0.3, -0.25) is 0 Å². The topological polar surface area (TPSA) is 86.7 Å². The lowest BCUT2D eigenvalue weighted by atomic mass is 11.1. The highest BCUT2D eigenvalue weighted by Gasteiger charge is 2.12. The zero-order valence-corrected chi connectivity index (χ0v) is 5.52. The van der Waals surface area contributed by atoms with Crippen molar-refractivity contribution in [3.05, 3.63) is 10.1 Å². The first-order chi connectivity index (χ1) is 4.20. The summed E-state index contributed by atoms with van der Waals surface area (Å²) in [5, 5.41) is 19.3. The lowest BCUT2D eigenvalue weighted by Crippen LogP contribution is -1.90. The lowest BCUT2D eigenvalue weighted by Gasteiger charge is -1.80. The number of hydrogen-bond acceptors (Lipinski definition) is 5. The van der Waals surface area contributed by atoms with Crippen molar-refractivity contribution in [1.29, 1.82) is 0 Å². The van der Waals surface area contributed by atoms with Crippen molar-refractivity contribution < 1.29 is 4.92 Å². The maximum absolute atomic E-state index is 9.82. The highest BCUT2D eigenvalue weighted by molar-refractivity contribution is 9.08. The highest BCUT2D eigenvalue weighted by Crippen LogP contribution is 1.97. The largest absolute Gasteiger partial charge is 0.515 e. The zero-order chi connectivity index (χ0) is 6.85. The average Bonchev–Trinajstić information content (AvgIpc) is 2.14. The van der Waals surface area contributed by atoms with Gasteiger partial charge in [0.1, 0.15) is 16.1 Å². The quantitative estimate of drug-likeness (QED) is 0.453. The summed E-state index contributed by atoms with van der Waals surface area (Å²) in [5.41, 5.74) is 0. The Balaban J connectivity index is 2.98. The summed E-state index contributed by atoms with van der Waals surface area (Å²) in [6, 6.07) is 0. The molecule has 0 aromatic carbocycles. The maximum Gasteiger partial charge on any atom is 0.515 e. The predicted molar refractivity (Wildman–Crippen MR) is 28.8 cm³/mol. The standard InChI is InChI=1S/CBrN5O2/c2-7-4-1(3-5-7)6(8)9. The molecule has 0 aliphatic rings. The van der Waals surface area contributed by atoms with Gasteiger partial charge in [0.2, 0.25) is 0 Å². The van der Waals surface area contributed by atoms with Crippen molar-refractivity contribution in [2.75, 3.05) is 0 Å². The van der Waals surface area contributed by atoms with E-state index in [1.807, 2.05) is 0 Å². The number of tetrazole rings is 1. The van der Waals surface area contributed by atoms with Gasteiger partial charge in [-0.2, -0.15) is 0 Å². The third kappa shape index (κ3) is 1.19. The van der Waals surface area contributed by atoms with Gasteiger partial charge in [0, 0.05) is 0 Å². The van der Waals surface area contributed by atoms with Crippen LogP contribution in [0.25, 0.3) is 0 Å². The van der Waals surface area contributed by atoms with Crippen LogP contribution in [0.4, 0.5) is 5.95 Å². The molecule has 0 fully saturated rings. The van der Waals surface area contributed by atoms with Crippen molar-refractivity contribution in [2.24, 2.45) is 0 Å². The molecule has 0 saturated heterocycles. The van der Waals surface area contributed by atoms with Crippen LogP contribution in [-0.4, -0.2) is 24.2 Å². The van der Waals surface area contributed by atoms with Crippen LogP contribution in [0, 0.1) is 10.1 Å². The second kappa shape index (κ2) is 2.05. The summed E-state index contributed by atoms with van der Waals surface area (Å²) in [6.07, 6.45) is 0. The van der Waals surface area contributed by atoms with E-state index in [1.54, 1.807) is 0 Å². The monoisotopic (exact) mass is 193 g/mol. The normalized spacial score (nSPS) is 9.44. The minimum absolute atomic E-state index is 0.521. The number of aromatic nitrogens is 4. The Morgan fingerprint density at radius 2 is 2.44 bits per heavy atom. The number of rotatable bonds is 1. The molecule has 0 aliphatic heterocycles. The van der Waals surface area contributed by atoms with Crippen molar-refractivity contribution in [2.45, 2.75) is 0 Å². The molecule has 0 N–H and O–H groups in total. The first kappa shape index (κ1) is 6.08. The Morgan fingerprint density at radius 1 is 1.78 bits per heavy atom. The van der Waals surface area contributed by atoms with Crippen LogP contribution in [0.5, 0.6) is 0 Å². The first-order valence-electron chi connectivity index (χ1n) is 1.80. The molecule has 7 nitrogen and oxygen atoms in total. The van der Waals surface area contributed by atoms with Gasteiger partial charge in [-0.15, -0.1) is 0 Å². The molecule has 1 aromatic heterocycles. The smallest absolute Gasteiger partial charge is 0.390 e. The molecule has 0 spiro atoms. The minimum Gasteiger partial charge on any atom is -0.390 e. The Morgan fingerprint density at radius 3 is 2.67 bits per heavy atom. The Hall–Kier alpha value is -1.05. The maximum atomic E-state index is 9.82. The van der Waals surface area contributed by atoms with E-state index in [-0.39, 0.29) is 0 Å². The van der Waals surface area contributed by atoms with Crippen molar-refractivity contribution in [3.63, 3.8) is 0 Å². The fourth-order valence-electron chi connectivity index (χ4n) is 0.264. The average molecular weight is 194 g/mol. The van der Waals surface area contributed by atoms with Crippen LogP contribution in [-0.2, 0) is 0 Å². The van der Waals surface area contributed by atoms with E-state index >= 15 is 0 Å². The van der Waals surface area contributed by atoms with Crippen LogP contribution in [0.2, 0.25) is 0 Å². The molecule has 0 radical (unpaired) electrons. The molecule has 1 aromatic rings. The van der Waals surface area contributed by atoms with E-state index in [0.29, 0.717) is 0 Å². The van der Waals surface area contributed by atoms with Gasteiger partial charge >= 0.3 is 5.95 Å². The molecule has 8 heteroatoms.